The number of hydrogen-bond acceptors (Lipinski definition) is 3. The number of benzene rings is 1. The van der Waals surface area contributed by atoms with Crippen LogP contribution in [0.4, 0.5) is 0 Å². The van der Waals surface area contributed by atoms with Crippen molar-refractivity contribution < 1.29 is 4.79 Å². The van der Waals surface area contributed by atoms with Gasteiger partial charge in [-0.2, -0.15) is 5.26 Å². The monoisotopic (exact) mass is 299 g/mol. The van der Waals surface area contributed by atoms with Crippen molar-refractivity contribution in [3.8, 4) is 6.07 Å². The maximum absolute atomic E-state index is 12.1. The Morgan fingerprint density at radius 2 is 2.05 bits per heavy atom. The Kier molecular flexibility index (Phi) is 4.87. The standard InChI is InChI=1S/C18H25N3O/c1-18(2,3)21-12-14(9-17(21)22)11-20(4)13-16-8-6-5-7-15(16)10-19/h5-8,14H,9,11-13H2,1-4H3. The summed E-state index contributed by atoms with van der Waals surface area (Å²) in [7, 11) is 2.05. The van der Waals surface area contributed by atoms with Gasteiger partial charge in [-0.25, -0.2) is 0 Å². The summed E-state index contributed by atoms with van der Waals surface area (Å²) >= 11 is 0. The zero-order valence-electron chi connectivity index (χ0n) is 14.0. The quantitative estimate of drug-likeness (QED) is 0.858. The van der Waals surface area contributed by atoms with E-state index in [2.05, 4.69) is 38.8 Å². The van der Waals surface area contributed by atoms with E-state index in [0.717, 1.165) is 30.8 Å². The van der Waals surface area contributed by atoms with Crippen molar-refractivity contribution in [2.75, 3.05) is 20.1 Å². The topological polar surface area (TPSA) is 47.3 Å². The average molecular weight is 299 g/mol. The first kappa shape index (κ1) is 16.5. The Hall–Kier alpha value is -1.86. The largest absolute Gasteiger partial charge is 0.338 e. The first-order valence-corrected chi connectivity index (χ1v) is 7.78. The SMILES string of the molecule is CN(Cc1ccccc1C#N)CC1CC(=O)N(C(C)(C)C)C1. The van der Waals surface area contributed by atoms with Crippen LogP contribution in [0.1, 0.15) is 38.3 Å². The fourth-order valence-corrected chi connectivity index (χ4v) is 3.12. The predicted octanol–water partition coefficient (Wildman–Crippen LogP) is 2.64. The van der Waals surface area contributed by atoms with E-state index in [1.807, 2.05) is 29.2 Å². The maximum atomic E-state index is 12.1. The molecule has 1 heterocycles. The second kappa shape index (κ2) is 6.50. The third-order valence-electron chi connectivity index (χ3n) is 4.16. The first-order chi connectivity index (χ1) is 10.3. The molecule has 1 aliphatic rings. The third-order valence-corrected chi connectivity index (χ3v) is 4.16. The molecule has 1 aromatic carbocycles. The van der Waals surface area contributed by atoms with E-state index in [1.54, 1.807) is 0 Å². The molecule has 0 N–H and O–H groups in total. The van der Waals surface area contributed by atoms with Gasteiger partial charge in [0.15, 0.2) is 0 Å². The molecule has 118 valence electrons. The van der Waals surface area contributed by atoms with Crippen LogP contribution in [-0.4, -0.2) is 41.4 Å². The van der Waals surface area contributed by atoms with Gasteiger partial charge in [0.05, 0.1) is 11.6 Å². The van der Waals surface area contributed by atoms with E-state index >= 15 is 0 Å². The summed E-state index contributed by atoms with van der Waals surface area (Å²) in [5.74, 6) is 0.620. The predicted molar refractivity (Wildman–Crippen MR) is 87.1 cm³/mol. The minimum atomic E-state index is -0.0994. The second-order valence-electron chi connectivity index (χ2n) is 7.21. The molecule has 0 aliphatic carbocycles. The number of carbonyl (C=O) groups is 1. The van der Waals surface area contributed by atoms with Crippen LogP contribution >= 0.6 is 0 Å². The van der Waals surface area contributed by atoms with Gasteiger partial charge in [-0.1, -0.05) is 18.2 Å². The van der Waals surface area contributed by atoms with E-state index in [0.29, 0.717) is 12.3 Å². The fourth-order valence-electron chi connectivity index (χ4n) is 3.12. The molecule has 1 aliphatic heterocycles. The van der Waals surface area contributed by atoms with Crippen molar-refractivity contribution in [1.29, 1.82) is 5.26 Å². The molecule has 1 saturated heterocycles. The highest BCUT2D eigenvalue weighted by Gasteiger charge is 2.36. The molecule has 1 atom stereocenters. The van der Waals surface area contributed by atoms with Crippen molar-refractivity contribution in [3.63, 3.8) is 0 Å². The van der Waals surface area contributed by atoms with Gasteiger partial charge in [-0.15, -0.1) is 0 Å². The van der Waals surface area contributed by atoms with E-state index < -0.39 is 0 Å². The molecule has 0 spiro atoms. The molecule has 0 radical (unpaired) electrons. The van der Waals surface area contributed by atoms with Gasteiger partial charge < -0.3 is 9.80 Å². The molecule has 4 nitrogen and oxygen atoms in total. The van der Waals surface area contributed by atoms with Crippen molar-refractivity contribution in [2.45, 2.75) is 39.3 Å². The van der Waals surface area contributed by atoms with Crippen molar-refractivity contribution >= 4 is 5.91 Å². The number of rotatable bonds is 4. The first-order valence-electron chi connectivity index (χ1n) is 7.78. The number of amides is 1. The molecule has 1 aromatic rings. The van der Waals surface area contributed by atoms with Crippen molar-refractivity contribution in [3.05, 3.63) is 35.4 Å². The third kappa shape index (κ3) is 3.86. The lowest BCUT2D eigenvalue weighted by Gasteiger charge is -2.32. The minimum Gasteiger partial charge on any atom is -0.338 e. The zero-order valence-corrected chi connectivity index (χ0v) is 14.0. The van der Waals surface area contributed by atoms with Crippen LogP contribution in [0.3, 0.4) is 0 Å². The lowest BCUT2D eigenvalue weighted by Crippen LogP contribution is -2.42. The molecule has 0 bridgehead atoms. The average Bonchev–Trinajstić information content (AvgIpc) is 2.80. The molecule has 1 amide bonds. The summed E-state index contributed by atoms with van der Waals surface area (Å²) in [6.45, 7) is 8.69. The van der Waals surface area contributed by atoms with Crippen LogP contribution in [0.2, 0.25) is 0 Å². The lowest BCUT2D eigenvalue weighted by atomic mass is 10.1. The molecule has 2 rings (SSSR count). The smallest absolute Gasteiger partial charge is 0.223 e. The highest BCUT2D eigenvalue weighted by Crippen LogP contribution is 2.26. The number of nitrogens with zero attached hydrogens (tertiary/aromatic N) is 3. The fraction of sp³-hybridized carbons (Fsp3) is 0.556. The van der Waals surface area contributed by atoms with Gasteiger partial charge in [0.25, 0.3) is 0 Å². The Morgan fingerprint density at radius 3 is 2.64 bits per heavy atom. The van der Waals surface area contributed by atoms with E-state index in [-0.39, 0.29) is 11.4 Å². The molecule has 22 heavy (non-hydrogen) atoms. The molecule has 1 unspecified atom stereocenters. The molecule has 0 aromatic heterocycles. The van der Waals surface area contributed by atoms with Crippen molar-refractivity contribution in [2.24, 2.45) is 5.92 Å². The number of nitriles is 1. The second-order valence-corrected chi connectivity index (χ2v) is 7.21. The number of hydrogen-bond donors (Lipinski definition) is 0. The Morgan fingerprint density at radius 1 is 1.36 bits per heavy atom. The van der Waals surface area contributed by atoms with E-state index in [4.69, 9.17) is 5.26 Å². The summed E-state index contributed by atoms with van der Waals surface area (Å²) in [6.07, 6.45) is 0.626. The maximum Gasteiger partial charge on any atom is 0.223 e. The van der Waals surface area contributed by atoms with Gasteiger partial charge in [0.2, 0.25) is 5.91 Å². The number of likely N-dealkylation sites (tertiary alicyclic amines) is 1. The van der Waals surface area contributed by atoms with Crippen LogP contribution in [0.25, 0.3) is 0 Å². The molecule has 4 heteroatoms. The summed E-state index contributed by atoms with van der Waals surface area (Å²) in [6, 6.07) is 9.94. The summed E-state index contributed by atoms with van der Waals surface area (Å²) < 4.78 is 0. The zero-order chi connectivity index (χ0) is 16.3. The van der Waals surface area contributed by atoms with Gasteiger partial charge >= 0.3 is 0 Å². The Bertz CT molecular complexity index is 583. The molecule has 1 fully saturated rings. The van der Waals surface area contributed by atoms with Gasteiger partial charge in [0.1, 0.15) is 0 Å². The number of carbonyl (C=O) groups excluding carboxylic acids is 1. The molecule has 0 saturated carbocycles. The Labute approximate surface area is 133 Å². The van der Waals surface area contributed by atoms with Crippen LogP contribution in [-0.2, 0) is 11.3 Å². The van der Waals surface area contributed by atoms with E-state index in [9.17, 15) is 4.79 Å². The van der Waals surface area contributed by atoms with Gasteiger partial charge in [-0.3, -0.25) is 4.79 Å². The van der Waals surface area contributed by atoms with Crippen LogP contribution in [0.15, 0.2) is 24.3 Å². The highest BCUT2D eigenvalue weighted by molar-refractivity contribution is 5.79. The van der Waals surface area contributed by atoms with Gasteiger partial charge in [0, 0.05) is 31.6 Å². The van der Waals surface area contributed by atoms with Crippen molar-refractivity contribution in [1.82, 2.24) is 9.80 Å². The summed E-state index contributed by atoms with van der Waals surface area (Å²) in [4.78, 5) is 16.3. The van der Waals surface area contributed by atoms with Crippen LogP contribution in [0.5, 0.6) is 0 Å². The summed E-state index contributed by atoms with van der Waals surface area (Å²) in [5.41, 5.74) is 1.68. The Balaban J connectivity index is 1.95. The molecular weight excluding hydrogens is 274 g/mol. The highest BCUT2D eigenvalue weighted by atomic mass is 16.2. The van der Waals surface area contributed by atoms with Gasteiger partial charge in [-0.05, 0) is 45.4 Å². The summed E-state index contributed by atoms with van der Waals surface area (Å²) in [5, 5.41) is 9.15. The lowest BCUT2D eigenvalue weighted by molar-refractivity contribution is -0.131. The minimum absolute atomic E-state index is 0.0994. The van der Waals surface area contributed by atoms with Crippen LogP contribution in [0, 0.1) is 17.2 Å². The molecular formula is C18H25N3O. The van der Waals surface area contributed by atoms with Crippen LogP contribution < -0.4 is 0 Å². The van der Waals surface area contributed by atoms with E-state index in [1.165, 1.54) is 0 Å². The normalized spacial score (nSPS) is 18.8.